The van der Waals surface area contributed by atoms with E-state index in [4.69, 9.17) is 12.2 Å². The van der Waals surface area contributed by atoms with Crippen LogP contribution in [0.15, 0.2) is 64.8 Å². The molecule has 0 aliphatic carbocycles. The molecule has 0 saturated heterocycles. The molecule has 0 heterocycles. The number of nitrogens with one attached hydrogen (secondary N) is 2. The Balaban J connectivity index is 1.98. The molecule has 0 atom stereocenters. The summed E-state index contributed by atoms with van der Waals surface area (Å²) in [5.74, 6) is 0. The van der Waals surface area contributed by atoms with Gasteiger partial charge in [0.15, 0.2) is 5.11 Å². The second kappa shape index (κ2) is 7.35. The summed E-state index contributed by atoms with van der Waals surface area (Å²) in [6.07, 6.45) is 0. The first-order valence-corrected chi connectivity index (χ1v) is 6.80. The van der Waals surface area contributed by atoms with E-state index in [0.29, 0.717) is 5.11 Å². The van der Waals surface area contributed by atoms with Crippen LogP contribution < -0.4 is 10.6 Å². The average Bonchev–Trinajstić information content (AvgIpc) is 2.48. The maximum Gasteiger partial charge on any atom is 0.170 e. The Bertz CT molecular complexity index is 579. The van der Waals surface area contributed by atoms with Gasteiger partial charge in [0.1, 0.15) is 0 Å². The van der Waals surface area contributed by atoms with Crippen LogP contribution in [0, 0.1) is 0 Å². The molecule has 2 aromatic rings. The van der Waals surface area contributed by atoms with E-state index >= 15 is 0 Å². The van der Waals surface area contributed by atoms with Gasteiger partial charge < -0.3 is 10.6 Å². The maximum absolute atomic E-state index is 5.12. The number of thiocarbonyl (C=S) groups is 1. The molecule has 0 radical (unpaired) electrons. The lowest BCUT2D eigenvalue weighted by atomic mass is 10.3. The number of azo groups is 1. The molecule has 20 heavy (non-hydrogen) atoms. The van der Waals surface area contributed by atoms with Crippen LogP contribution in [0.1, 0.15) is 6.92 Å². The molecule has 2 rings (SSSR count). The fourth-order valence-electron chi connectivity index (χ4n) is 1.56. The Morgan fingerprint density at radius 1 is 0.950 bits per heavy atom. The molecule has 0 saturated carbocycles. The topological polar surface area (TPSA) is 48.8 Å². The highest BCUT2D eigenvalue weighted by Gasteiger charge is 1.96. The smallest absolute Gasteiger partial charge is 0.170 e. The van der Waals surface area contributed by atoms with Crippen LogP contribution >= 0.6 is 12.2 Å². The van der Waals surface area contributed by atoms with Crippen LogP contribution in [0.5, 0.6) is 0 Å². The van der Waals surface area contributed by atoms with Crippen LogP contribution in [0.25, 0.3) is 0 Å². The van der Waals surface area contributed by atoms with Gasteiger partial charge in [-0.1, -0.05) is 18.2 Å². The van der Waals surface area contributed by atoms with Crippen molar-refractivity contribution in [1.29, 1.82) is 0 Å². The normalized spacial score (nSPS) is 10.4. The second-order valence-corrected chi connectivity index (χ2v) is 4.48. The molecular formula is C15H16N4S. The van der Waals surface area contributed by atoms with E-state index < -0.39 is 0 Å². The van der Waals surface area contributed by atoms with Crippen LogP contribution in [0.3, 0.4) is 0 Å². The van der Waals surface area contributed by atoms with Gasteiger partial charge in [0.25, 0.3) is 0 Å². The molecule has 0 aromatic heterocycles. The van der Waals surface area contributed by atoms with E-state index in [9.17, 15) is 0 Å². The van der Waals surface area contributed by atoms with Gasteiger partial charge in [-0.25, -0.2) is 0 Å². The van der Waals surface area contributed by atoms with E-state index in [1.807, 2.05) is 61.5 Å². The number of hydrogen-bond donors (Lipinski definition) is 2. The van der Waals surface area contributed by atoms with Crippen LogP contribution in [-0.4, -0.2) is 11.7 Å². The molecule has 0 bridgehead atoms. The number of benzene rings is 2. The summed E-state index contributed by atoms with van der Waals surface area (Å²) in [5, 5.41) is 15.1. The van der Waals surface area contributed by atoms with Crippen molar-refractivity contribution < 1.29 is 0 Å². The van der Waals surface area contributed by atoms with E-state index in [1.165, 1.54) is 0 Å². The lowest BCUT2D eigenvalue weighted by Crippen LogP contribution is -2.27. The molecule has 0 aliphatic heterocycles. The fraction of sp³-hybridized carbons (Fsp3) is 0.133. The highest BCUT2D eigenvalue weighted by Crippen LogP contribution is 2.19. The van der Waals surface area contributed by atoms with Crippen molar-refractivity contribution in [3.05, 3.63) is 54.6 Å². The summed E-state index contributed by atoms with van der Waals surface area (Å²) in [7, 11) is 0. The van der Waals surface area contributed by atoms with Crippen LogP contribution in [0.4, 0.5) is 17.1 Å². The highest BCUT2D eigenvalue weighted by molar-refractivity contribution is 7.80. The minimum absolute atomic E-state index is 0.617. The van der Waals surface area contributed by atoms with Crippen molar-refractivity contribution in [2.75, 3.05) is 11.9 Å². The Kier molecular flexibility index (Phi) is 5.20. The van der Waals surface area contributed by atoms with E-state index in [1.54, 1.807) is 0 Å². The van der Waals surface area contributed by atoms with Crippen molar-refractivity contribution in [2.45, 2.75) is 6.92 Å². The maximum atomic E-state index is 5.12. The molecule has 2 aromatic carbocycles. The van der Waals surface area contributed by atoms with Gasteiger partial charge in [0.05, 0.1) is 11.4 Å². The number of rotatable bonds is 4. The van der Waals surface area contributed by atoms with Crippen LogP contribution in [-0.2, 0) is 0 Å². The van der Waals surface area contributed by atoms with Gasteiger partial charge in [-0.15, -0.1) is 0 Å². The summed E-state index contributed by atoms with van der Waals surface area (Å²) < 4.78 is 0. The van der Waals surface area contributed by atoms with E-state index in [0.717, 1.165) is 23.6 Å². The zero-order valence-electron chi connectivity index (χ0n) is 11.2. The molecule has 2 N–H and O–H groups in total. The molecule has 5 heteroatoms. The molecule has 0 fully saturated rings. The first-order chi connectivity index (χ1) is 9.78. The second-order valence-electron chi connectivity index (χ2n) is 4.07. The zero-order chi connectivity index (χ0) is 14.2. The zero-order valence-corrected chi connectivity index (χ0v) is 12.0. The third-order valence-electron chi connectivity index (χ3n) is 2.50. The minimum atomic E-state index is 0.617. The van der Waals surface area contributed by atoms with Gasteiger partial charge in [-0.05, 0) is 55.5 Å². The van der Waals surface area contributed by atoms with Gasteiger partial charge in [-0.3, -0.25) is 0 Å². The predicted octanol–water partition coefficient (Wildman–Crippen LogP) is 4.41. The van der Waals surface area contributed by atoms with Crippen molar-refractivity contribution in [3.8, 4) is 0 Å². The summed E-state index contributed by atoms with van der Waals surface area (Å²) in [4.78, 5) is 0. The first kappa shape index (κ1) is 14.1. The molecule has 0 amide bonds. The largest absolute Gasteiger partial charge is 0.363 e. The Morgan fingerprint density at radius 3 is 2.15 bits per heavy atom. The highest BCUT2D eigenvalue weighted by atomic mass is 32.1. The van der Waals surface area contributed by atoms with E-state index in [-0.39, 0.29) is 0 Å². The molecule has 0 aliphatic rings. The standard InChI is InChI=1S/C15H16N4S/c1-2-16-15(20)17-12-8-10-14(11-9-12)19-18-13-6-4-3-5-7-13/h3-11H,2H2,1H3,(H2,16,17,20). The monoisotopic (exact) mass is 284 g/mol. The molecular weight excluding hydrogens is 268 g/mol. The van der Waals surface area contributed by atoms with Crippen molar-refractivity contribution >= 4 is 34.4 Å². The van der Waals surface area contributed by atoms with Crippen LogP contribution in [0.2, 0.25) is 0 Å². The predicted molar refractivity (Wildman–Crippen MR) is 87.0 cm³/mol. The Hall–Kier alpha value is -2.27. The van der Waals surface area contributed by atoms with Gasteiger partial charge in [-0.2, -0.15) is 10.2 Å². The first-order valence-electron chi connectivity index (χ1n) is 6.39. The van der Waals surface area contributed by atoms with Crippen molar-refractivity contribution in [2.24, 2.45) is 10.2 Å². The average molecular weight is 284 g/mol. The number of nitrogens with zero attached hydrogens (tertiary/aromatic N) is 2. The summed E-state index contributed by atoms with van der Waals surface area (Å²) in [5.41, 5.74) is 2.56. The molecule has 4 nitrogen and oxygen atoms in total. The number of anilines is 1. The lowest BCUT2D eigenvalue weighted by molar-refractivity contribution is 0.979. The van der Waals surface area contributed by atoms with Crippen molar-refractivity contribution in [1.82, 2.24) is 5.32 Å². The third-order valence-corrected chi connectivity index (χ3v) is 2.75. The SMILES string of the molecule is CCNC(=S)Nc1ccc(N=Nc2ccccc2)cc1. The van der Waals surface area contributed by atoms with Gasteiger partial charge >= 0.3 is 0 Å². The molecule has 102 valence electrons. The quantitative estimate of drug-likeness (QED) is 0.646. The number of hydrogen-bond acceptors (Lipinski definition) is 3. The Labute approximate surface area is 123 Å². The van der Waals surface area contributed by atoms with Gasteiger partial charge in [0.2, 0.25) is 0 Å². The summed E-state index contributed by atoms with van der Waals surface area (Å²) >= 11 is 5.12. The fourth-order valence-corrected chi connectivity index (χ4v) is 1.82. The lowest BCUT2D eigenvalue weighted by Gasteiger charge is -2.08. The minimum Gasteiger partial charge on any atom is -0.363 e. The summed E-state index contributed by atoms with van der Waals surface area (Å²) in [6.45, 7) is 2.80. The molecule has 0 spiro atoms. The van der Waals surface area contributed by atoms with Crippen molar-refractivity contribution in [3.63, 3.8) is 0 Å². The Morgan fingerprint density at radius 2 is 1.55 bits per heavy atom. The van der Waals surface area contributed by atoms with Gasteiger partial charge in [0, 0.05) is 12.2 Å². The van der Waals surface area contributed by atoms with E-state index in [2.05, 4.69) is 20.9 Å². The molecule has 0 unspecified atom stereocenters. The summed E-state index contributed by atoms with van der Waals surface area (Å²) in [6, 6.07) is 17.3. The third kappa shape index (κ3) is 4.44.